The monoisotopic (exact) mass is 236 g/mol. The van der Waals surface area contributed by atoms with Gasteiger partial charge in [-0.05, 0) is 55.3 Å². The molecule has 2 bridgehead atoms. The number of nitrogens with two attached hydrogens (primary N) is 1. The first-order valence-electron chi connectivity index (χ1n) is 7.14. The van der Waals surface area contributed by atoms with Gasteiger partial charge in [-0.25, -0.2) is 0 Å². The molecule has 0 aliphatic heterocycles. The van der Waals surface area contributed by atoms with E-state index in [0.717, 1.165) is 30.1 Å². The molecule has 3 rings (SSSR count). The normalized spacial score (nSPS) is 43.6. The first-order chi connectivity index (χ1) is 8.08. The summed E-state index contributed by atoms with van der Waals surface area (Å²) in [6.07, 6.45) is 5.02. The molecular formula is C14H24N2O. The van der Waals surface area contributed by atoms with Crippen LogP contribution < -0.4 is 11.1 Å². The minimum Gasteiger partial charge on any atom is -0.351 e. The van der Waals surface area contributed by atoms with Crippen molar-refractivity contribution < 1.29 is 4.79 Å². The van der Waals surface area contributed by atoms with Crippen LogP contribution in [0.15, 0.2) is 0 Å². The SMILES string of the molecule is CC(C)C[C@@H](N)C(=O)NC1C2C3CCC(C3)C12. The Morgan fingerprint density at radius 1 is 1.29 bits per heavy atom. The first kappa shape index (κ1) is 11.5. The highest BCUT2D eigenvalue weighted by Gasteiger charge is 2.65. The number of fused-ring (bicyclic) bond motifs is 5. The van der Waals surface area contributed by atoms with E-state index in [9.17, 15) is 4.79 Å². The maximum Gasteiger partial charge on any atom is 0.237 e. The Hall–Kier alpha value is -0.570. The summed E-state index contributed by atoms with van der Waals surface area (Å²) in [6.45, 7) is 4.22. The van der Waals surface area contributed by atoms with Gasteiger partial charge < -0.3 is 11.1 Å². The van der Waals surface area contributed by atoms with E-state index < -0.39 is 0 Å². The molecule has 3 nitrogen and oxygen atoms in total. The van der Waals surface area contributed by atoms with Gasteiger partial charge in [0.25, 0.3) is 0 Å². The van der Waals surface area contributed by atoms with Gasteiger partial charge in [0.05, 0.1) is 6.04 Å². The van der Waals surface area contributed by atoms with Crippen LogP contribution in [-0.2, 0) is 4.79 Å². The molecule has 3 aliphatic rings. The molecule has 96 valence electrons. The number of nitrogens with one attached hydrogen (secondary N) is 1. The highest BCUT2D eigenvalue weighted by Crippen LogP contribution is 2.65. The lowest BCUT2D eigenvalue weighted by Gasteiger charge is -2.16. The predicted octanol–water partition coefficient (Wildman–Crippen LogP) is 1.52. The van der Waals surface area contributed by atoms with Crippen molar-refractivity contribution in [1.29, 1.82) is 0 Å². The van der Waals surface area contributed by atoms with Gasteiger partial charge >= 0.3 is 0 Å². The number of amides is 1. The summed E-state index contributed by atoms with van der Waals surface area (Å²) in [5, 5.41) is 3.20. The van der Waals surface area contributed by atoms with Crippen molar-refractivity contribution in [2.24, 2.45) is 35.3 Å². The molecule has 3 saturated carbocycles. The van der Waals surface area contributed by atoms with Crippen molar-refractivity contribution in [1.82, 2.24) is 5.32 Å². The first-order valence-corrected chi connectivity index (χ1v) is 7.14. The Bertz CT molecular complexity index is 312. The van der Waals surface area contributed by atoms with Gasteiger partial charge in [0, 0.05) is 6.04 Å². The van der Waals surface area contributed by atoms with Crippen LogP contribution in [-0.4, -0.2) is 18.0 Å². The van der Waals surface area contributed by atoms with E-state index in [1.165, 1.54) is 19.3 Å². The van der Waals surface area contributed by atoms with Crippen LogP contribution in [0.4, 0.5) is 0 Å². The highest BCUT2D eigenvalue weighted by atomic mass is 16.2. The summed E-state index contributed by atoms with van der Waals surface area (Å²) >= 11 is 0. The molecule has 3 aliphatic carbocycles. The van der Waals surface area contributed by atoms with Crippen molar-refractivity contribution in [2.45, 2.75) is 51.6 Å². The fraction of sp³-hybridized carbons (Fsp3) is 0.929. The van der Waals surface area contributed by atoms with Gasteiger partial charge in [-0.15, -0.1) is 0 Å². The summed E-state index contributed by atoms with van der Waals surface area (Å²) in [4.78, 5) is 12.0. The molecule has 0 aromatic rings. The molecule has 5 atom stereocenters. The Kier molecular flexibility index (Phi) is 2.69. The highest BCUT2D eigenvalue weighted by molar-refractivity contribution is 5.82. The van der Waals surface area contributed by atoms with Gasteiger partial charge in [0.2, 0.25) is 5.91 Å². The third-order valence-electron chi connectivity index (χ3n) is 5.11. The van der Waals surface area contributed by atoms with Crippen molar-refractivity contribution in [3.8, 4) is 0 Å². The summed E-state index contributed by atoms with van der Waals surface area (Å²) in [5.74, 6) is 4.02. The van der Waals surface area contributed by atoms with Crippen LogP contribution >= 0.6 is 0 Å². The summed E-state index contributed by atoms with van der Waals surface area (Å²) < 4.78 is 0. The molecule has 4 unspecified atom stereocenters. The largest absolute Gasteiger partial charge is 0.351 e. The van der Waals surface area contributed by atoms with Gasteiger partial charge in [-0.2, -0.15) is 0 Å². The summed E-state index contributed by atoms with van der Waals surface area (Å²) in [7, 11) is 0. The zero-order valence-electron chi connectivity index (χ0n) is 10.9. The van der Waals surface area contributed by atoms with E-state index in [2.05, 4.69) is 19.2 Å². The molecule has 3 fully saturated rings. The molecule has 3 heteroatoms. The van der Waals surface area contributed by atoms with Gasteiger partial charge in [0.15, 0.2) is 0 Å². The van der Waals surface area contributed by atoms with E-state index in [-0.39, 0.29) is 11.9 Å². The van der Waals surface area contributed by atoms with Crippen LogP contribution in [0.1, 0.15) is 39.5 Å². The van der Waals surface area contributed by atoms with Gasteiger partial charge in [-0.1, -0.05) is 13.8 Å². The molecule has 0 radical (unpaired) electrons. The molecular weight excluding hydrogens is 212 g/mol. The quantitative estimate of drug-likeness (QED) is 0.777. The lowest BCUT2D eigenvalue weighted by Crippen LogP contribution is -2.43. The minimum atomic E-state index is -0.311. The second kappa shape index (κ2) is 3.98. The van der Waals surface area contributed by atoms with Crippen molar-refractivity contribution >= 4 is 5.91 Å². The van der Waals surface area contributed by atoms with E-state index in [1.807, 2.05) is 0 Å². The molecule has 17 heavy (non-hydrogen) atoms. The van der Waals surface area contributed by atoms with Crippen LogP contribution in [0.2, 0.25) is 0 Å². The average molecular weight is 236 g/mol. The molecule has 3 N–H and O–H groups in total. The van der Waals surface area contributed by atoms with Crippen LogP contribution in [0.25, 0.3) is 0 Å². The van der Waals surface area contributed by atoms with Crippen LogP contribution in [0.3, 0.4) is 0 Å². The minimum absolute atomic E-state index is 0.0810. The number of hydrogen-bond donors (Lipinski definition) is 2. The van der Waals surface area contributed by atoms with E-state index in [0.29, 0.717) is 12.0 Å². The van der Waals surface area contributed by atoms with Crippen molar-refractivity contribution in [2.75, 3.05) is 0 Å². The molecule has 0 aromatic heterocycles. The third-order valence-corrected chi connectivity index (χ3v) is 5.11. The summed E-state index contributed by atoms with van der Waals surface area (Å²) in [5.41, 5.74) is 5.92. The standard InChI is InChI=1S/C14H24N2O/c1-7(2)5-10(15)14(17)16-13-11-8-3-4-9(6-8)12(11)13/h7-13H,3-6,15H2,1-2H3,(H,16,17)/t8?,9?,10-,11?,12?,13?/m1/s1. The number of carbonyl (C=O) groups is 1. The molecule has 1 amide bonds. The maximum absolute atomic E-state index is 12.0. The lowest BCUT2D eigenvalue weighted by atomic mass is 10.0. The second-order valence-electron chi connectivity index (χ2n) is 6.76. The fourth-order valence-electron chi connectivity index (χ4n) is 4.40. The fourth-order valence-corrected chi connectivity index (χ4v) is 4.40. The average Bonchev–Trinajstić information content (AvgIpc) is 2.69. The molecule has 0 saturated heterocycles. The Morgan fingerprint density at radius 2 is 1.88 bits per heavy atom. The van der Waals surface area contributed by atoms with Crippen molar-refractivity contribution in [3.63, 3.8) is 0 Å². The number of hydrogen-bond acceptors (Lipinski definition) is 2. The van der Waals surface area contributed by atoms with Crippen LogP contribution in [0.5, 0.6) is 0 Å². The third kappa shape index (κ3) is 1.88. The van der Waals surface area contributed by atoms with Gasteiger partial charge in [0.1, 0.15) is 0 Å². The number of carbonyl (C=O) groups excluding carboxylic acids is 1. The van der Waals surface area contributed by atoms with Gasteiger partial charge in [-0.3, -0.25) is 4.79 Å². The Balaban J connectivity index is 1.51. The molecule has 0 heterocycles. The molecule has 0 aromatic carbocycles. The van der Waals surface area contributed by atoms with E-state index >= 15 is 0 Å². The predicted molar refractivity (Wildman–Crippen MR) is 67.2 cm³/mol. The van der Waals surface area contributed by atoms with Crippen LogP contribution in [0, 0.1) is 29.6 Å². The zero-order valence-corrected chi connectivity index (χ0v) is 10.9. The smallest absolute Gasteiger partial charge is 0.237 e. The Morgan fingerprint density at radius 3 is 2.41 bits per heavy atom. The second-order valence-corrected chi connectivity index (χ2v) is 6.76. The molecule has 0 spiro atoms. The van der Waals surface area contributed by atoms with E-state index in [4.69, 9.17) is 5.73 Å². The van der Waals surface area contributed by atoms with Crippen molar-refractivity contribution in [3.05, 3.63) is 0 Å². The lowest BCUT2D eigenvalue weighted by molar-refractivity contribution is -0.123. The Labute approximate surface area is 104 Å². The van der Waals surface area contributed by atoms with E-state index in [1.54, 1.807) is 0 Å². The topological polar surface area (TPSA) is 55.1 Å². The maximum atomic E-state index is 12.0. The summed E-state index contributed by atoms with van der Waals surface area (Å²) in [6, 6.07) is 0.168. The number of rotatable bonds is 4. The zero-order chi connectivity index (χ0) is 12.2.